The SMILES string of the molecule is CNc1nc(-c2cccnc2)nc2ccc(-c3ccc(COC)cc3)cc12. The van der Waals surface area contributed by atoms with E-state index in [1.54, 1.807) is 19.5 Å². The van der Waals surface area contributed by atoms with Gasteiger partial charge in [0.15, 0.2) is 5.82 Å². The van der Waals surface area contributed by atoms with Crippen LogP contribution in [0.2, 0.25) is 0 Å². The summed E-state index contributed by atoms with van der Waals surface area (Å²) in [4.78, 5) is 13.6. The summed E-state index contributed by atoms with van der Waals surface area (Å²) >= 11 is 0. The third-order valence-corrected chi connectivity index (χ3v) is 4.45. The fourth-order valence-electron chi connectivity index (χ4n) is 3.08. The van der Waals surface area contributed by atoms with Crippen molar-refractivity contribution in [2.75, 3.05) is 19.5 Å². The maximum atomic E-state index is 5.18. The Labute approximate surface area is 158 Å². The van der Waals surface area contributed by atoms with Crippen LogP contribution in [0.5, 0.6) is 0 Å². The van der Waals surface area contributed by atoms with Gasteiger partial charge in [-0.15, -0.1) is 0 Å². The lowest BCUT2D eigenvalue weighted by molar-refractivity contribution is 0.185. The quantitative estimate of drug-likeness (QED) is 0.568. The molecular formula is C22H20N4O. The monoisotopic (exact) mass is 356 g/mol. The van der Waals surface area contributed by atoms with Crippen molar-refractivity contribution in [2.24, 2.45) is 0 Å². The van der Waals surface area contributed by atoms with E-state index in [0.29, 0.717) is 12.4 Å². The first kappa shape index (κ1) is 17.1. The van der Waals surface area contributed by atoms with E-state index >= 15 is 0 Å². The number of anilines is 1. The average Bonchev–Trinajstić information content (AvgIpc) is 2.74. The normalized spacial score (nSPS) is 10.9. The molecule has 0 unspecified atom stereocenters. The van der Waals surface area contributed by atoms with Crippen molar-refractivity contribution in [1.82, 2.24) is 15.0 Å². The highest BCUT2D eigenvalue weighted by atomic mass is 16.5. The molecular weight excluding hydrogens is 336 g/mol. The Balaban J connectivity index is 1.78. The van der Waals surface area contributed by atoms with Crippen LogP contribution in [-0.2, 0) is 11.3 Å². The van der Waals surface area contributed by atoms with Crippen LogP contribution in [0.1, 0.15) is 5.56 Å². The maximum absolute atomic E-state index is 5.18. The van der Waals surface area contributed by atoms with Gasteiger partial charge >= 0.3 is 0 Å². The molecule has 0 amide bonds. The van der Waals surface area contributed by atoms with E-state index in [1.807, 2.05) is 25.2 Å². The first-order chi connectivity index (χ1) is 13.3. The number of hydrogen-bond donors (Lipinski definition) is 1. The van der Waals surface area contributed by atoms with Gasteiger partial charge in [0, 0.05) is 37.5 Å². The second-order valence-electron chi connectivity index (χ2n) is 6.25. The Morgan fingerprint density at radius 1 is 0.926 bits per heavy atom. The minimum atomic E-state index is 0.618. The molecule has 0 aliphatic heterocycles. The van der Waals surface area contributed by atoms with Crippen molar-refractivity contribution in [3.63, 3.8) is 0 Å². The summed E-state index contributed by atoms with van der Waals surface area (Å²) in [6.45, 7) is 0.618. The maximum Gasteiger partial charge on any atom is 0.163 e. The van der Waals surface area contributed by atoms with Gasteiger partial charge in [0.05, 0.1) is 12.1 Å². The third-order valence-electron chi connectivity index (χ3n) is 4.45. The van der Waals surface area contributed by atoms with Gasteiger partial charge in [-0.1, -0.05) is 30.3 Å². The molecule has 0 aliphatic carbocycles. The molecule has 0 saturated carbocycles. The van der Waals surface area contributed by atoms with Crippen molar-refractivity contribution in [3.05, 3.63) is 72.6 Å². The fourth-order valence-corrected chi connectivity index (χ4v) is 3.08. The van der Waals surface area contributed by atoms with Crippen LogP contribution in [0.25, 0.3) is 33.4 Å². The van der Waals surface area contributed by atoms with Gasteiger partial charge in [-0.3, -0.25) is 4.98 Å². The molecule has 0 atom stereocenters. The molecule has 4 aromatic rings. The molecule has 0 bridgehead atoms. The molecule has 134 valence electrons. The molecule has 0 aliphatic rings. The zero-order chi connectivity index (χ0) is 18.6. The Morgan fingerprint density at radius 2 is 1.74 bits per heavy atom. The van der Waals surface area contributed by atoms with Crippen molar-refractivity contribution in [1.29, 1.82) is 0 Å². The van der Waals surface area contributed by atoms with Gasteiger partial charge in [0.1, 0.15) is 5.82 Å². The number of pyridine rings is 1. The standard InChI is InChI=1S/C22H20N4O/c1-23-22-19-12-17(16-7-5-15(6-8-16)14-27-2)9-10-20(19)25-21(26-22)18-4-3-11-24-13-18/h3-13H,14H2,1-2H3,(H,23,25,26). The zero-order valence-corrected chi connectivity index (χ0v) is 15.3. The molecule has 0 fully saturated rings. The molecule has 2 aromatic heterocycles. The van der Waals surface area contributed by atoms with E-state index in [9.17, 15) is 0 Å². The van der Waals surface area contributed by atoms with Crippen molar-refractivity contribution in [2.45, 2.75) is 6.61 Å². The predicted octanol–water partition coefficient (Wildman–Crippen LogP) is 4.55. The summed E-state index contributed by atoms with van der Waals surface area (Å²) in [6.07, 6.45) is 3.52. The van der Waals surface area contributed by atoms with Crippen LogP contribution < -0.4 is 5.32 Å². The van der Waals surface area contributed by atoms with Crippen molar-refractivity contribution in [3.8, 4) is 22.5 Å². The van der Waals surface area contributed by atoms with Gasteiger partial charge in [-0.25, -0.2) is 9.97 Å². The molecule has 0 radical (unpaired) electrons. The molecule has 4 rings (SSSR count). The molecule has 0 saturated heterocycles. The number of hydrogen-bond acceptors (Lipinski definition) is 5. The summed E-state index contributed by atoms with van der Waals surface area (Å²) in [5, 5.41) is 4.19. The van der Waals surface area contributed by atoms with Crippen LogP contribution in [-0.4, -0.2) is 29.1 Å². The molecule has 1 N–H and O–H groups in total. The molecule has 5 nitrogen and oxygen atoms in total. The molecule has 5 heteroatoms. The molecule has 0 spiro atoms. The van der Waals surface area contributed by atoms with Gasteiger partial charge < -0.3 is 10.1 Å². The van der Waals surface area contributed by atoms with E-state index in [-0.39, 0.29) is 0 Å². The highest BCUT2D eigenvalue weighted by molar-refractivity contribution is 5.93. The van der Waals surface area contributed by atoms with E-state index in [1.165, 1.54) is 0 Å². The van der Waals surface area contributed by atoms with Crippen LogP contribution >= 0.6 is 0 Å². The highest BCUT2D eigenvalue weighted by Crippen LogP contribution is 2.29. The van der Waals surface area contributed by atoms with Gasteiger partial charge in [-0.2, -0.15) is 0 Å². The number of nitrogens with zero attached hydrogens (tertiary/aromatic N) is 3. The topological polar surface area (TPSA) is 59.9 Å². The highest BCUT2D eigenvalue weighted by Gasteiger charge is 2.10. The first-order valence-electron chi connectivity index (χ1n) is 8.76. The summed E-state index contributed by atoms with van der Waals surface area (Å²) < 4.78 is 5.18. The van der Waals surface area contributed by atoms with E-state index in [4.69, 9.17) is 9.72 Å². The zero-order valence-electron chi connectivity index (χ0n) is 15.3. The number of aromatic nitrogens is 3. The minimum absolute atomic E-state index is 0.618. The molecule has 27 heavy (non-hydrogen) atoms. The summed E-state index contributed by atoms with van der Waals surface area (Å²) in [6, 6.07) is 18.5. The lowest BCUT2D eigenvalue weighted by Crippen LogP contribution is -1.99. The number of benzene rings is 2. The fraction of sp³-hybridized carbons (Fsp3) is 0.136. The molecule has 2 heterocycles. The lowest BCUT2D eigenvalue weighted by atomic mass is 10.0. The minimum Gasteiger partial charge on any atom is -0.380 e. The van der Waals surface area contributed by atoms with E-state index < -0.39 is 0 Å². The number of methoxy groups -OCH3 is 1. The first-order valence-corrected chi connectivity index (χ1v) is 8.76. The summed E-state index contributed by atoms with van der Waals surface area (Å²) in [5.41, 5.74) is 5.22. The van der Waals surface area contributed by atoms with Crippen LogP contribution in [0.4, 0.5) is 5.82 Å². The Hall–Kier alpha value is -3.31. The van der Waals surface area contributed by atoms with Gasteiger partial charge in [-0.05, 0) is 41.0 Å². The van der Waals surface area contributed by atoms with Crippen molar-refractivity contribution < 1.29 is 4.74 Å². The lowest BCUT2D eigenvalue weighted by Gasteiger charge is -2.10. The van der Waals surface area contributed by atoms with Gasteiger partial charge in [0.25, 0.3) is 0 Å². The summed E-state index contributed by atoms with van der Waals surface area (Å²) in [5.74, 6) is 1.47. The third kappa shape index (κ3) is 3.50. The Bertz CT molecular complexity index is 1060. The second kappa shape index (κ2) is 7.51. The van der Waals surface area contributed by atoms with Crippen LogP contribution in [0, 0.1) is 0 Å². The number of rotatable bonds is 5. The van der Waals surface area contributed by atoms with E-state index in [0.717, 1.165) is 39.0 Å². The average molecular weight is 356 g/mol. The predicted molar refractivity (Wildman–Crippen MR) is 108 cm³/mol. The summed E-state index contributed by atoms with van der Waals surface area (Å²) in [7, 11) is 3.58. The molecule has 2 aromatic carbocycles. The Kier molecular flexibility index (Phi) is 4.77. The van der Waals surface area contributed by atoms with Gasteiger partial charge in [0.2, 0.25) is 0 Å². The smallest absolute Gasteiger partial charge is 0.163 e. The number of fused-ring (bicyclic) bond motifs is 1. The number of nitrogens with one attached hydrogen (secondary N) is 1. The van der Waals surface area contributed by atoms with Crippen LogP contribution in [0.15, 0.2) is 67.0 Å². The van der Waals surface area contributed by atoms with Crippen molar-refractivity contribution >= 4 is 16.7 Å². The number of ether oxygens (including phenoxy) is 1. The Morgan fingerprint density at radius 3 is 2.44 bits per heavy atom. The van der Waals surface area contributed by atoms with E-state index in [2.05, 4.69) is 51.7 Å². The second-order valence-corrected chi connectivity index (χ2v) is 6.25. The van der Waals surface area contributed by atoms with Crippen LogP contribution in [0.3, 0.4) is 0 Å². The largest absolute Gasteiger partial charge is 0.380 e.